The maximum absolute atomic E-state index is 11.7. The second-order valence-corrected chi connectivity index (χ2v) is 4.93. The molecule has 1 aromatic rings. The number of nitrogen functional groups attached to an aromatic ring is 1. The van der Waals surface area contributed by atoms with E-state index in [0.717, 1.165) is 0 Å². The molecular formula is C7H14N4O3S. The number of aromatic nitrogens is 2. The normalized spacial score (nSPS) is 14.1. The summed E-state index contributed by atoms with van der Waals surface area (Å²) in [6, 6.07) is 0. The molecule has 8 heteroatoms. The summed E-state index contributed by atoms with van der Waals surface area (Å²) >= 11 is 0. The first-order chi connectivity index (χ1) is 6.84. The second-order valence-electron chi connectivity index (χ2n) is 3.25. The minimum absolute atomic E-state index is 0.0596. The molecule has 0 amide bonds. The smallest absolute Gasteiger partial charge is 0.260 e. The fraction of sp³-hybridized carbons (Fsp3) is 0.571. The van der Waals surface area contributed by atoms with E-state index in [0.29, 0.717) is 0 Å². The van der Waals surface area contributed by atoms with E-state index >= 15 is 0 Å². The van der Waals surface area contributed by atoms with Crippen LogP contribution in [0.4, 0.5) is 5.82 Å². The highest BCUT2D eigenvalue weighted by atomic mass is 32.2. The number of imidazole rings is 1. The largest absolute Gasteiger partial charge is 0.392 e. The van der Waals surface area contributed by atoms with Crippen LogP contribution in [0.2, 0.25) is 0 Å². The lowest BCUT2D eigenvalue weighted by atomic mass is 10.4. The average Bonchev–Trinajstić information content (AvgIpc) is 2.43. The van der Waals surface area contributed by atoms with E-state index in [2.05, 4.69) is 9.71 Å². The highest BCUT2D eigenvalue weighted by molar-refractivity contribution is 7.89. The standard InChI is InChI=1S/C7H14N4O3S/c1-5(12)3-10-15(13,14)7-6(8)9-4-11(7)2/h4-5,10,12H,3,8H2,1-2H3/t5-/m0/s1. The lowest BCUT2D eigenvalue weighted by Gasteiger charge is -2.08. The maximum Gasteiger partial charge on any atom is 0.260 e. The second kappa shape index (κ2) is 4.17. The third-order valence-electron chi connectivity index (χ3n) is 1.73. The molecule has 1 atom stereocenters. The molecule has 0 bridgehead atoms. The van der Waals surface area contributed by atoms with Gasteiger partial charge in [0, 0.05) is 13.6 Å². The predicted molar refractivity (Wildman–Crippen MR) is 54.5 cm³/mol. The molecule has 86 valence electrons. The minimum Gasteiger partial charge on any atom is -0.392 e. The van der Waals surface area contributed by atoms with Gasteiger partial charge in [0.15, 0.2) is 10.8 Å². The van der Waals surface area contributed by atoms with Crippen LogP contribution in [0, 0.1) is 0 Å². The van der Waals surface area contributed by atoms with Gasteiger partial charge in [-0.05, 0) is 6.92 Å². The van der Waals surface area contributed by atoms with Gasteiger partial charge in [0.2, 0.25) is 0 Å². The van der Waals surface area contributed by atoms with E-state index in [4.69, 9.17) is 10.8 Å². The van der Waals surface area contributed by atoms with Crippen LogP contribution in [-0.4, -0.2) is 35.7 Å². The molecule has 0 aromatic carbocycles. The zero-order valence-corrected chi connectivity index (χ0v) is 9.32. The highest BCUT2D eigenvalue weighted by Gasteiger charge is 2.22. The Balaban J connectivity index is 2.96. The van der Waals surface area contributed by atoms with Crippen molar-refractivity contribution in [2.24, 2.45) is 7.05 Å². The molecule has 4 N–H and O–H groups in total. The van der Waals surface area contributed by atoms with Crippen molar-refractivity contribution in [2.75, 3.05) is 12.3 Å². The Labute approximate surface area is 88.0 Å². The molecule has 15 heavy (non-hydrogen) atoms. The fourth-order valence-corrected chi connectivity index (χ4v) is 2.41. The van der Waals surface area contributed by atoms with E-state index in [-0.39, 0.29) is 17.4 Å². The van der Waals surface area contributed by atoms with E-state index in [9.17, 15) is 8.42 Å². The summed E-state index contributed by atoms with van der Waals surface area (Å²) in [5, 5.41) is 8.88. The summed E-state index contributed by atoms with van der Waals surface area (Å²) in [6.07, 6.45) is 0.556. The quantitative estimate of drug-likeness (QED) is 0.597. The van der Waals surface area contributed by atoms with Gasteiger partial charge in [-0.1, -0.05) is 0 Å². The fourth-order valence-electron chi connectivity index (χ4n) is 1.06. The van der Waals surface area contributed by atoms with Crippen molar-refractivity contribution < 1.29 is 13.5 Å². The molecule has 0 aliphatic carbocycles. The number of nitrogens with zero attached hydrogens (tertiary/aromatic N) is 2. The molecule has 1 aromatic heterocycles. The first kappa shape index (κ1) is 12.0. The molecule has 0 saturated heterocycles. The molecule has 1 rings (SSSR count). The number of rotatable bonds is 4. The van der Waals surface area contributed by atoms with Crippen LogP contribution in [-0.2, 0) is 17.1 Å². The Morgan fingerprint density at radius 2 is 2.33 bits per heavy atom. The van der Waals surface area contributed by atoms with Crippen molar-refractivity contribution in [1.29, 1.82) is 0 Å². The Hall–Kier alpha value is -1.12. The Morgan fingerprint density at radius 3 is 2.73 bits per heavy atom. The van der Waals surface area contributed by atoms with Gasteiger partial charge in [-0.2, -0.15) is 0 Å². The summed E-state index contributed by atoms with van der Waals surface area (Å²) in [5.74, 6) is -0.0596. The number of nitrogens with two attached hydrogens (primary N) is 1. The number of sulfonamides is 1. The van der Waals surface area contributed by atoms with Crippen LogP contribution in [0.1, 0.15) is 6.92 Å². The highest BCUT2D eigenvalue weighted by Crippen LogP contribution is 2.14. The SMILES string of the molecule is C[C@H](O)CNS(=O)(=O)c1c(N)ncn1C. The van der Waals surface area contributed by atoms with Crippen molar-refractivity contribution in [2.45, 2.75) is 18.1 Å². The summed E-state index contributed by atoms with van der Waals surface area (Å²) in [4.78, 5) is 3.67. The molecule has 0 aliphatic heterocycles. The Morgan fingerprint density at radius 1 is 1.73 bits per heavy atom. The molecular weight excluding hydrogens is 220 g/mol. The van der Waals surface area contributed by atoms with Crippen molar-refractivity contribution in [3.63, 3.8) is 0 Å². The van der Waals surface area contributed by atoms with Gasteiger partial charge in [0.05, 0.1) is 12.4 Å². The topological polar surface area (TPSA) is 110 Å². The van der Waals surface area contributed by atoms with Gasteiger partial charge in [0.1, 0.15) is 0 Å². The number of anilines is 1. The number of hydrogen-bond donors (Lipinski definition) is 3. The molecule has 0 saturated carbocycles. The summed E-state index contributed by atoms with van der Waals surface area (Å²) < 4.78 is 26.9. The number of aliphatic hydroxyl groups is 1. The molecule has 0 radical (unpaired) electrons. The van der Waals surface area contributed by atoms with Gasteiger partial charge in [-0.15, -0.1) is 0 Å². The van der Waals surface area contributed by atoms with Crippen LogP contribution in [0.25, 0.3) is 0 Å². The van der Waals surface area contributed by atoms with Crippen LogP contribution >= 0.6 is 0 Å². The minimum atomic E-state index is -3.71. The summed E-state index contributed by atoms with van der Waals surface area (Å²) in [6.45, 7) is 1.42. The van der Waals surface area contributed by atoms with E-state index in [1.54, 1.807) is 0 Å². The first-order valence-electron chi connectivity index (χ1n) is 4.29. The lowest BCUT2D eigenvalue weighted by Crippen LogP contribution is -2.32. The van der Waals surface area contributed by atoms with Gasteiger partial charge >= 0.3 is 0 Å². The maximum atomic E-state index is 11.7. The third kappa shape index (κ3) is 2.67. The lowest BCUT2D eigenvalue weighted by molar-refractivity contribution is 0.198. The Kier molecular flexibility index (Phi) is 3.32. The number of aryl methyl sites for hydroxylation is 1. The summed E-state index contributed by atoms with van der Waals surface area (Å²) in [7, 11) is -2.18. The van der Waals surface area contributed by atoms with Gasteiger partial charge in [-0.25, -0.2) is 18.1 Å². The van der Waals surface area contributed by atoms with Crippen LogP contribution in [0.5, 0.6) is 0 Å². The van der Waals surface area contributed by atoms with Crippen LogP contribution in [0.3, 0.4) is 0 Å². The number of nitrogens with one attached hydrogen (secondary N) is 1. The van der Waals surface area contributed by atoms with Crippen molar-refractivity contribution in [1.82, 2.24) is 14.3 Å². The number of hydrogen-bond acceptors (Lipinski definition) is 5. The van der Waals surface area contributed by atoms with E-state index in [1.165, 1.54) is 24.9 Å². The molecule has 0 spiro atoms. The van der Waals surface area contributed by atoms with E-state index in [1.807, 2.05) is 0 Å². The monoisotopic (exact) mass is 234 g/mol. The van der Waals surface area contributed by atoms with Crippen molar-refractivity contribution in [3.8, 4) is 0 Å². The third-order valence-corrected chi connectivity index (χ3v) is 3.29. The van der Waals surface area contributed by atoms with Crippen LogP contribution in [0.15, 0.2) is 11.4 Å². The van der Waals surface area contributed by atoms with Crippen LogP contribution < -0.4 is 10.5 Å². The Bertz CT molecular complexity index is 418. The first-order valence-corrected chi connectivity index (χ1v) is 5.77. The molecule has 1 heterocycles. The van der Waals surface area contributed by atoms with Gasteiger partial charge in [0.25, 0.3) is 10.0 Å². The predicted octanol–water partition coefficient (Wildman–Crippen LogP) is -1.34. The molecule has 0 fully saturated rings. The van der Waals surface area contributed by atoms with E-state index < -0.39 is 16.1 Å². The average molecular weight is 234 g/mol. The van der Waals surface area contributed by atoms with Crippen molar-refractivity contribution >= 4 is 15.8 Å². The molecule has 0 aliphatic rings. The molecule has 7 nitrogen and oxygen atoms in total. The molecule has 0 unspecified atom stereocenters. The zero-order valence-electron chi connectivity index (χ0n) is 8.51. The van der Waals surface area contributed by atoms with Crippen molar-refractivity contribution in [3.05, 3.63) is 6.33 Å². The number of aliphatic hydroxyl groups excluding tert-OH is 1. The summed E-state index contributed by atoms with van der Waals surface area (Å²) in [5.41, 5.74) is 5.42. The van der Waals surface area contributed by atoms with Gasteiger partial charge in [-0.3, -0.25) is 0 Å². The zero-order chi connectivity index (χ0) is 11.6. The van der Waals surface area contributed by atoms with Gasteiger partial charge < -0.3 is 15.4 Å².